The zero-order valence-electron chi connectivity index (χ0n) is 16.0. The van der Waals surface area contributed by atoms with Gasteiger partial charge in [0.05, 0.1) is 31.5 Å². The van der Waals surface area contributed by atoms with Crippen LogP contribution in [0, 0.1) is 5.82 Å². The minimum atomic E-state index is -0.385. The Morgan fingerprint density at radius 2 is 2.10 bits per heavy atom. The molecule has 0 amide bonds. The van der Waals surface area contributed by atoms with E-state index in [9.17, 15) is 9.18 Å². The van der Waals surface area contributed by atoms with Gasteiger partial charge in [-0.25, -0.2) is 9.18 Å². The topological polar surface area (TPSA) is 65.8 Å². The molecule has 29 heavy (non-hydrogen) atoms. The summed E-state index contributed by atoms with van der Waals surface area (Å²) in [4.78, 5) is 18.7. The van der Waals surface area contributed by atoms with Gasteiger partial charge >= 0.3 is 5.69 Å². The number of ether oxygens (including phenoxy) is 3. The summed E-state index contributed by atoms with van der Waals surface area (Å²) >= 11 is 0. The highest BCUT2D eigenvalue weighted by molar-refractivity contribution is 5.47. The van der Waals surface area contributed by atoms with Crippen molar-refractivity contribution < 1.29 is 18.6 Å². The lowest BCUT2D eigenvalue weighted by Crippen LogP contribution is -2.26. The highest BCUT2D eigenvalue weighted by Crippen LogP contribution is 2.48. The molecule has 1 saturated heterocycles. The Morgan fingerprint density at radius 3 is 2.97 bits per heavy atom. The highest BCUT2D eigenvalue weighted by atomic mass is 19.1. The van der Waals surface area contributed by atoms with Gasteiger partial charge in [0.1, 0.15) is 18.1 Å². The van der Waals surface area contributed by atoms with Crippen molar-refractivity contribution in [2.24, 2.45) is 0 Å². The number of nitrogens with zero attached hydrogens (tertiary/aromatic N) is 3. The first-order valence-corrected chi connectivity index (χ1v) is 10.2. The zero-order valence-corrected chi connectivity index (χ0v) is 16.0. The van der Waals surface area contributed by atoms with Gasteiger partial charge in [0, 0.05) is 12.5 Å². The van der Waals surface area contributed by atoms with E-state index in [0.717, 1.165) is 30.6 Å². The Bertz CT molecular complexity index is 1050. The van der Waals surface area contributed by atoms with Gasteiger partial charge < -0.3 is 19.1 Å². The summed E-state index contributed by atoms with van der Waals surface area (Å²) < 4.78 is 33.6. The maximum absolute atomic E-state index is 14.7. The van der Waals surface area contributed by atoms with E-state index in [0.29, 0.717) is 50.8 Å². The Hall–Kier alpha value is -2.61. The van der Waals surface area contributed by atoms with Crippen molar-refractivity contribution in [2.75, 3.05) is 24.8 Å². The first kappa shape index (κ1) is 17.3. The number of hydrogen-bond acceptors (Lipinski definition) is 6. The molecule has 8 heteroatoms. The minimum Gasteiger partial charge on any atom is -0.489 e. The molecule has 1 aliphatic carbocycles. The van der Waals surface area contributed by atoms with Gasteiger partial charge in [0.25, 0.3) is 0 Å². The molecule has 152 valence electrons. The molecule has 4 aliphatic rings. The standard InChI is InChI=1S/C21H22FN3O4/c22-16-7-13(8-17-19(16)29-21(3-4-21)5-6-28-17)1-2-14-9-18-24(20(26)23-14)10-15-11-27-12-25(15)18/h7-9,15H,1-6,10-12H2/t15-/m1/s1. The van der Waals surface area contributed by atoms with E-state index in [1.807, 2.05) is 12.1 Å². The summed E-state index contributed by atoms with van der Waals surface area (Å²) in [5.74, 6) is 1.19. The quantitative estimate of drug-likeness (QED) is 0.787. The number of fused-ring (bicyclic) bond motifs is 4. The molecular formula is C21H22FN3O4. The molecule has 0 radical (unpaired) electrons. The van der Waals surface area contributed by atoms with Crippen LogP contribution in [0.2, 0.25) is 0 Å². The van der Waals surface area contributed by atoms with E-state index in [2.05, 4.69) is 9.88 Å². The Labute approximate surface area is 167 Å². The van der Waals surface area contributed by atoms with Crippen LogP contribution in [0.15, 0.2) is 23.0 Å². The third-order valence-corrected chi connectivity index (χ3v) is 6.39. The monoisotopic (exact) mass is 399 g/mol. The molecule has 2 aromatic rings. The fourth-order valence-electron chi connectivity index (χ4n) is 4.53. The molecule has 2 fully saturated rings. The summed E-state index contributed by atoms with van der Waals surface area (Å²) in [6.07, 6.45) is 3.82. The van der Waals surface area contributed by atoms with Gasteiger partial charge in [-0.2, -0.15) is 4.98 Å². The van der Waals surface area contributed by atoms with Crippen LogP contribution in [0.5, 0.6) is 11.5 Å². The minimum absolute atomic E-state index is 0.213. The molecule has 0 bridgehead atoms. The van der Waals surface area contributed by atoms with Crippen LogP contribution in [0.4, 0.5) is 10.2 Å². The van der Waals surface area contributed by atoms with Crippen molar-refractivity contribution >= 4 is 5.82 Å². The number of halogens is 1. The van der Waals surface area contributed by atoms with Gasteiger partial charge in [0.15, 0.2) is 17.3 Å². The molecule has 1 saturated carbocycles. The highest BCUT2D eigenvalue weighted by Gasteiger charge is 2.47. The first-order valence-electron chi connectivity index (χ1n) is 10.2. The van der Waals surface area contributed by atoms with Crippen LogP contribution in [-0.2, 0) is 24.1 Å². The second kappa shape index (κ2) is 6.19. The van der Waals surface area contributed by atoms with Gasteiger partial charge in [-0.3, -0.25) is 4.57 Å². The largest absolute Gasteiger partial charge is 0.489 e. The summed E-state index contributed by atoms with van der Waals surface area (Å²) in [6, 6.07) is 5.52. The molecule has 6 rings (SSSR count). The van der Waals surface area contributed by atoms with Crippen molar-refractivity contribution in [2.45, 2.75) is 50.3 Å². The van der Waals surface area contributed by atoms with E-state index in [1.165, 1.54) is 6.07 Å². The Balaban J connectivity index is 1.24. The third-order valence-electron chi connectivity index (χ3n) is 6.39. The maximum Gasteiger partial charge on any atom is 0.349 e. The van der Waals surface area contributed by atoms with Gasteiger partial charge in [0.2, 0.25) is 0 Å². The Kier molecular flexibility index (Phi) is 3.69. The number of rotatable bonds is 3. The lowest BCUT2D eigenvalue weighted by atomic mass is 10.1. The molecule has 1 aromatic heterocycles. The number of benzene rings is 1. The molecule has 3 aliphatic heterocycles. The van der Waals surface area contributed by atoms with Crippen molar-refractivity contribution in [3.8, 4) is 11.5 Å². The number of aromatic nitrogens is 2. The lowest BCUT2D eigenvalue weighted by Gasteiger charge is -2.16. The average Bonchev–Trinajstić information content (AvgIpc) is 3.21. The van der Waals surface area contributed by atoms with Crippen LogP contribution in [0.25, 0.3) is 0 Å². The van der Waals surface area contributed by atoms with Gasteiger partial charge in [-0.15, -0.1) is 0 Å². The van der Waals surface area contributed by atoms with E-state index in [4.69, 9.17) is 14.2 Å². The van der Waals surface area contributed by atoms with E-state index >= 15 is 0 Å². The fourth-order valence-corrected chi connectivity index (χ4v) is 4.53. The van der Waals surface area contributed by atoms with Crippen LogP contribution >= 0.6 is 0 Å². The zero-order chi connectivity index (χ0) is 19.6. The molecule has 0 unspecified atom stereocenters. The molecular weight excluding hydrogens is 377 g/mol. The summed E-state index contributed by atoms with van der Waals surface area (Å²) in [5.41, 5.74) is 1.06. The molecule has 0 N–H and O–H groups in total. The number of anilines is 1. The second-order valence-electron chi connectivity index (χ2n) is 8.41. The molecule has 7 nitrogen and oxygen atoms in total. The maximum atomic E-state index is 14.7. The molecule has 1 spiro atoms. The first-order chi connectivity index (χ1) is 14.1. The van der Waals surface area contributed by atoms with Crippen LogP contribution in [0.1, 0.15) is 30.5 Å². The summed E-state index contributed by atoms with van der Waals surface area (Å²) in [6.45, 7) is 2.30. The van der Waals surface area contributed by atoms with Crippen molar-refractivity contribution in [1.82, 2.24) is 9.55 Å². The Morgan fingerprint density at radius 1 is 1.21 bits per heavy atom. The lowest BCUT2D eigenvalue weighted by molar-refractivity contribution is 0.163. The SMILES string of the molecule is O=c1nc(CCc2cc(F)c3c(c2)OCCC2(CC2)O3)cc2n1C[C@@H]1COCN21. The smallest absolute Gasteiger partial charge is 0.349 e. The van der Waals surface area contributed by atoms with Crippen molar-refractivity contribution in [3.63, 3.8) is 0 Å². The normalized spacial score (nSPS) is 23.1. The molecule has 1 atom stereocenters. The van der Waals surface area contributed by atoms with E-state index < -0.39 is 0 Å². The van der Waals surface area contributed by atoms with Crippen LogP contribution in [-0.4, -0.2) is 41.1 Å². The third kappa shape index (κ3) is 2.88. The number of hydrogen-bond donors (Lipinski definition) is 0. The average molecular weight is 399 g/mol. The van der Waals surface area contributed by atoms with Gasteiger partial charge in [-0.05, 0) is 43.4 Å². The molecule has 4 heterocycles. The van der Waals surface area contributed by atoms with Crippen molar-refractivity contribution in [3.05, 3.63) is 45.8 Å². The van der Waals surface area contributed by atoms with Crippen molar-refractivity contribution in [1.29, 1.82) is 0 Å². The predicted octanol–water partition coefficient (Wildman–Crippen LogP) is 2.04. The summed E-state index contributed by atoms with van der Waals surface area (Å²) in [7, 11) is 0. The fraction of sp³-hybridized carbons (Fsp3) is 0.524. The summed E-state index contributed by atoms with van der Waals surface area (Å²) in [5, 5.41) is 0. The predicted molar refractivity (Wildman–Crippen MR) is 102 cm³/mol. The van der Waals surface area contributed by atoms with E-state index in [-0.39, 0.29) is 28.9 Å². The molecule has 1 aromatic carbocycles. The van der Waals surface area contributed by atoms with Crippen LogP contribution in [0.3, 0.4) is 0 Å². The number of aryl methyl sites for hydroxylation is 2. The van der Waals surface area contributed by atoms with Crippen LogP contribution < -0.4 is 20.1 Å². The van der Waals surface area contributed by atoms with Gasteiger partial charge in [-0.1, -0.05) is 0 Å². The second-order valence-corrected chi connectivity index (χ2v) is 8.41. The van der Waals surface area contributed by atoms with E-state index in [1.54, 1.807) is 4.57 Å².